The van der Waals surface area contributed by atoms with E-state index in [1.165, 1.54) is 49.7 Å². The highest BCUT2D eigenvalue weighted by Gasteiger charge is 2.12. The monoisotopic (exact) mass is 515 g/mol. The maximum Gasteiger partial charge on any atom is 0.269 e. The summed E-state index contributed by atoms with van der Waals surface area (Å²) in [5, 5.41) is 14.9. The first kappa shape index (κ1) is 23.9. The molecule has 10 heteroatoms. The van der Waals surface area contributed by atoms with Crippen LogP contribution in [0.25, 0.3) is 0 Å². The number of nitro groups is 1. The Morgan fingerprint density at radius 3 is 2.61 bits per heavy atom. The van der Waals surface area contributed by atoms with Gasteiger partial charge in [-0.2, -0.15) is 5.10 Å². The number of benzene rings is 3. The molecule has 0 bridgehead atoms. The van der Waals surface area contributed by atoms with Crippen LogP contribution < -0.4 is 14.9 Å². The average Bonchev–Trinajstić information content (AvgIpc) is 2.80. The number of halogens is 2. The summed E-state index contributed by atoms with van der Waals surface area (Å²) in [5.41, 5.74) is 4.33. The first-order valence-electron chi connectivity index (χ1n) is 9.65. The standard InChI is InChI=1S/C23H19BrFN3O5/c1-32-21-11-17(13-26-27-23(29)10-15-5-7-18(25)8-6-15)20(24)12-22(21)33-14-16-3-2-4-19(9-16)28(30)31/h2-9,11-13H,10,14H2,1H3,(H,27,29)/b26-13+. The van der Waals surface area contributed by atoms with Crippen LogP contribution in [0.15, 0.2) is 70.2 Å². The zero-order valence-electron chi connectivity index (χ0n) is 17.5. The molecule has 0 aliphatic heterocycles. The lowest BCUT2D eigenvalue weighted by atomic mass is 10.1. The Morgan fingerprint density at radius 1 is 1.15 bits per heavy atom. The largest absolute Gasteiger partial charge is 0.493 e. The Kier molecular flexibility index (Phi) is 8.09. The van der Waals surface area contributed by atoms with Gasteiger partial charge in [-0.05, 0) is 51.3 Å². The number of methoxy groups -OCH3 is 1. The van der Waals surface area contributed by atoms with Crippen molar-refractivity contribution in [2.45, 2.75) is 13.0 Å². The van der Waals surface area contributed by atoms with Crippen LogP contribution in [0.3, 0.4) is 0 Å². The number of non-ortho nitro benzene ring substituents is 1. The van der Waals surface area contributed by atoms with Crippen LogP contribution in [0.1, 0.15) is 16.7 Å². The molecule has 3 aromatic rings. The van der Waals surface area contributed by atoms with Gasteiger partial charge in [0.05, 0.1) is 24.7 Å². The SMILES string of the molecule is COc1cc(/C=N/NC(=O)Cc2ccc(F)cc2)c(Br)cc1OCc1cccc([N+](=O)[O-])c1. The van der Waals surface area contributed by atoms with Crippen molar-refractivity contribution in [2.75, 3.05) is 7.11 Å². The summed E-state index contributed by atoms with van der Waals surface area (Å²) in [6.07, 6.45) is 1.51. The van der Waals surface area contributed by atoms with E-state index in [9.17, 15) is 19.3 Å². The van der Waals surface area contributed by atoms with E-state index in [0.29, 0.717) is 32.7 Å². The predicted molar refractivity (Wildman–Crippen MR) is 124 cm³/mol. The minimum Gasteiger partial charge on any atom is -0.493 e. The van der Waals surface area contributed by atoms with Crippen LogP contribution in [-0.4, -0.2) is 24.2 Å². The molecule has 0 saturated carbocycles. The maximum absolute atomic E-state index is 13.0. The van der Waals surface area contributed by atoms with Gasteiger partial charge in [0.2, 0.25) is 5.91 Å². The number of amides is 1. The fraction of sp³-hybridized carbons (Fsp3) is 0.130. The van der Waals surface area contributed by atoms with Gasteiger partial charge in [-0.3, -0.25) is 14.9 Å². The van der Waals surface area contributed by atoms with Crippen molar-refractivity contribution in [1.29, 1.82) is 0 Å². The average molecular weight is 516 g/mol. The minimum atomic E-state index is -0.465. The number of ether oxygens (including phenoxy) is 2. The van der Waals surface area contributed by atoms with Crippen LogP contribution in [0, 0.1) is 15.9 Å². The Bertz CT molecular complexity index is 1190. The van der Waals surface area contributed by atoms with E-state index in [4.69, 9.17) is 9.47 Å². The number of hydrogen-bond acceptors (Lipinski definition) is 6. The Morgan fingerprint density at radius 2 is 1.91 bits per heavy atom. The molecule has 0 atom stereocenters. The van der Waals surface area contributed by atoms with Crippen molar-refractivity contribution in [3.8, 4) is 11.5 Å². The van der Waals surface area contributed by atoms with Gasteiger partial charge in [0.15, 0.2) is 11.5 Å². The van der Waals surface area contributed by atoms with E-state index in [0.717, 1.165) is 0 Å². The van der Waals surface area contributed by atoms with Gasteiger partial charge in [0, 0.05) is 22.2 Å². The zero-order chi connectivity index (χ0) is 23.8. The molecule has 0 fully saturated rings. The molecule has 0 unspecified atom stereocenters. The minimum absolute atomic E-state index is 0.0164. The van der Waals surface area contributed by atoms with Gasteiger partial charge >= 0.3 is 0 Å². The molecule has 0 radical (unpaired) electrons. The van der Waals surface area contributed by atoms with Crippen LogP contribution in [0.5, 0.6) is 11.5 Å². The molecular weight excluding hydrogens is 497 g/mol. The lowest BCUT2D eigenvalue weighted by Crippen LogP contribution is -2.19. The summed E-state index contributed by atoms with van der Waals surface area (Å²) in [6, 6.07) is 15.2. The molecule has 0 heterocycles. The summed E-state index contributed by atoms with van der Waals surface area (Å²) in [4.78, 5) is 22.5. The van der Waals surface area contributed by atoms with Gasteiger partial charge < -0.3 is 9.47 Å². The van der Waals surface area contributed by atoms with Gasteiger partial charge in [0.1, 0.15) is 12.4 Å². The highest BCUT2D eigenvalue weighted by Crippen LogP contribution is 2.33. The molecule has 3 rings (SSSR count). The van der Waals surface area contributed by atoms with Gasteiger partial charge in [-0.15, -0.1) is 0 Å². The first-order valence-corrected chi connectivity index (χ1v) is 10.4. The summed E-state index contributed by atoms with van der Waals surface area (Å²) in [7, 11) is 1.48. The third kappa shape index (κ3) is 6.84. The number of hydrogen-bond donors (Lipinski definition) is 1. The number of carbonyl (C=O) groups is 1. The number of rotatable bonds is 9. The number of nitro benzene ring substituents is 1. The normalized spacial score (nSPS) is 10.8. The molecular formula is C23H19BrFN3O5. The van der Waals surface area contributed by atoms with Gasteiger partial charge in [-0.1, -0.05) is 24.3 Å². The molecule has 0 aliphatic carbocycles. The molecule has 8 nitrogen and oxygen atoms in total. The van der Waals surface area contributed by atoms with Crippen LogP contribution >= 0.6 is 15.9 Å². The number of carbonyl (C=O) groups excluding carboxylic acids is 1. The summed E-state index contributed by atoms with van der Waals surface area (Å²) < 4.78 is 24.7. The second kappa shape index (κ2) is 11.2. The molecule has 3 aromatic carbocycles. The van der Waals surface area contributed by atoms with Crippen LogP contribution in [0.2, 0.25) is 0 Å². The molecule has 1 amide bonds. The third-order valence-corrected chi connectivity index (χ3v) is 5.16. The number of hydrazone groups is 1. The van der Waals surface area contributed by atoms with E-state index in [1.54, 1.807) is 24.3 Å². The molecule has 170 valence electrons. The lowest BCUT2D eigenvalue weighted by molar-refractivity contribution is -0.384. The fourth-order valence-corrected chi connectivity index (χ4v) is 3.27. The molecule has 1 N–H and O–H groups in total. The van der Waals surface area contributed by atoms with E-state index in [1.807, 2.05) is 0 Å². The Hall–Kier alpha value is -3.79. The van der Waals surface area contributed by atoms with Crippen molar-refractivity contribution < 1.29 is 23.6 Å². The van der Waals surface area contributed by atoms with Crippen molar-refractivity contribution in [2.24, 2.45) is 5.10 Å². The Labute approximate surface area is 197 Å². The first-order chi connectivity index (χ1) is 15.9. The van der Waals surface area contributed by atoms with E-state index >= 15 is 0 Å². The maximum atomic E-state index is 13.0. The summed E-state index contributed by atoms with van der Waals surface area (Å²) in [5.74, 6) is 0.127. The smallest absolute Gasteiger partial charge is 0.269 e. The van der Waals surface area contributed by atoms with Crippen LogP contribution in [-0.2, 0) is 17.8 Å². The lowest BCUT2D eigenvalue weighted by Gasteiger charge is -2.12. The van der Waals surface area contributed by atoms with Crippen molar-refractivity contribution in [3.63, 3.8) is 0 Å². The van der Waals surface area contributed by atoms with E-state index in [-0.39, 0.29) is 30.4 Å². The molecule has 0 spiro atoms. The highest BCUT2D eigenvalue weighted by molar-refractivity contribution is 9.10. The topological polar surface area (TPSA) is 103 Å². The van der Waals surface area contributed by atoms with E-state index < -0.39 is 4.92 Å². The predicted octanol–water partition coefficient (Wildman–Crippen LogP) is 4.78. The second-order valence-corrected chi connectivity index (χ2v) is 7.69. The van der Waals surface area contributed by atoms with Crippen molar-refractivity contribution >= 4 is 33.7 Å². The molecule has 0 aromatic heterocycles. The van der Waals surface area contributed by atoms with Gasteiger partial charge in [0.25, 0.3) is 5.69 Å². The third-order valence-electron chi connectivity index (χ3n) is 4.47. The van der Waals surface area contributed by atoms with Crippen LogP contribution in [0.4, 0.5) is 10.1 Å². The molecule has 33 heavy (non-hydrogen) atoms. The second-order valence-electron chi connectivity index (χ2n) is 6.84. The number of nitrogens with one attached hydrogen (secondary N) is 1. The van der Waals surface area contributed by atoms with Crippen molar-refractivity contribution in [1.82, 2.24) is 5.43 Å². The quantitative estimate of drug-likeness (QED) is 0.251. The molecule has 0 aliphatic rings. The van der Waals surface area contributed by atoms with Gasteiger partial charge in [-0.25, -0.2) is 9.82 Å². The number of nitrogens with zero attached hydrogens (tertiary/aromatic N) is 2. The molecule has 0 saturated heterocycles. The van der Waals surface area contributed by atoms with E-state index in [2.05, 4.69) is 26.5 Å². The summed E-state index contributed by atoms with van der Waals surface area (Å²) >= 11 is 3.43. The zero-order valence-corrected chi connectivity index (χ0v) is 19.0. The highest BCUT2D eigenvalue weighted by atomic mass is 79.9. The Balaban J connectivity index is 1.64. The fourth-order valence-electron chi connectivity index (χ4n) is 2.84. The summed E-state index contributed by atoms with van der Waals surface area (Å²) in [6.45, 7) is 0.108. The van der Waals surface area contributed by atoms with Crippen molar-refractivity contribution in [3.05, 3.63) is 97.8 Å².